The van der Waals surface area contributed by atoms with E-state index in [9.17, 15) is 4.79 Å². The van der Waals surface area contributed by atoms with Gasteiger partial charge in [0.25, 0.3) is 0 Å². The van der Waals surface area contributed by atoms with E-state index < -0.39 is 0 Å². The third-order valence-electron chi connectivity index (χ3n) is 3.60. The van der Waals surface area contributed by atoms with Gasteiger partial charge in [-0.2, -0.15) is 11.8 Å². The van der Waals surface area contributed by atoms with E-state index in [1.165, 1.54) is 17.9 Å². The molecule has 18 heavy (non-hydrogen) atoms. The molecule has 2 rings (SSSR count). The molecule has 98 valence electrons. The summed E-state index contributed by atoms with van der Waals surface area (Å²) in [5, 5.41) is 0. The summed E-state index contributed by atoms with van der Waals surface area (Å²) >= 11 is 2.02. The summed E-state index contributed by atoms with van der Waals surface area (Å²) in [6, 6.07) is 10.3. The maximum Gasteiger partial charge on any atom is 0.166 e. The topological polar surface area (TPSA) is 20.3 Å². The highest BCUT2D eigenvalue weighted by Gasteiger charge is 2.23. The van der Waals surface area contributed by atoms with Crippen LogP contribution in [0.15, 0.2) is 30.3 Å². The summed E-state index contributed by atoms with van der Waals surface area (Å²) in [5.41, 5.74) is 0.833. The molecular formula is C15H21NOS. The molecule has 1 heterocycles. The number of carbonyl (C=O) groups excluding carboxylic acids is 1. The van der Waals surface area contributed by atoms with Crippen molar-refractivity contribution in [3.05, 3.63) is 35.9 Å². The summed E-state index contributed by atoms with van der Waals surface area (Å²) in [6.45, 7) is 2.90. The van der Waals surface area contributed by atoms with Crippen molar-refractivity contribution >= 4 is 17.5 Å². The largest absolute Gasteiger partial charge is 0.302 e. The Bertz CT molecular complexity index is 387. The van der Waals surface area contributed by atoms with Crippen LogP contribution in [-0.2, 0) is 0 Å². The molecule has 0 bridgehead atoms. The number of hydrogen-bond acceptors (Lipinski definition) is 3. The number of Topliss-reactive ketones (excluding diaryl/α,β-unsaturated/α-hetero) is 1. The van der Waals surface area contributed by atoms with Gasteiger partial charge in [0.2, 0.25) is 0 Å². The van der Waals surface area contributed by atoms with E-state index in [0.717, 1.165) is 12.1 Å². The molecule has 2 nitrogen and oxygen atoms in total. The molecule has 1 aliphatic heterocycles. The first-order valence-corrected chi connectivity index (χ1v) is 7.71. The molecule has 0 radical (unpaired) electrons. The number of benzene rings is 1. The van der Waals surface area contributed by atoms with Crippen LogP contribution in [0.2, 0.25) is 0 Å². The fourth-order valence-corrected chi connectivity index (χ4v) is 3.72. The normalized spacial score (nSPS) is 21.2. The highest BCUT2D eigenvalue weighted by Crippen LogP contribution is 2.22. The van der Waals surface area contributed by atoms with Crippen molar-refractivity contribution in [1.82, 2.24) is 4.90 Å². The lowest BCUT2D eigenvalue weighted by Crippen LogP contribution is -2.37. The van der Waals surface area contributed by atoms with E-state index in [-0.39, 0.29) is 11.7 Å². The summed E-state index contributed by atoms with van der Waals surface area (Å²) < 4.78 is 0. The summed E-state index contributed by atoms with van der Waals surface area (Å²) in [4.78, 5) is 14.6. The van der Waals surface area contributed by atoms with E-state index in [0.29, 0.717) is 6.04 Å². The van der Waals surface area contributed by atoms with Crippen molar-refractivity contribution in [2.75, 3.05) is 25.1 Å². The van der Waals surface area contributed by atoms with Gasteiger partial charge in [-0.3, -0.25) is 4.79 Å². The fraction of sp³-hybridized carbons (Fsp3) is 0.533. The minimum absolute atomic E-state index is 0.0722. The van der Waals surface area contributed by atoms with Crippen molar-refractivity contribution < 1.29 is 4.79 Å². The van der Waals surface area contributed by atoms with Crippen LogP contribution < -0.4 is 0 Å². The third-order valence-corrected chi connectivity index (χ3v) is 4.74. The molecule has 0 saturated carbocycles. The summed E-state index contributed by atoms with van der Waals surface area (Å²) in [6.07, 6.45) is 1.26. The van der Waals surface area contributed by atoms with E-state index in [4.69, 9.17) is 0 Å². The van der Waals surface area contributed by atoms with Gasteiger partial charge in [0.1, 0.15) is 0 Å². The van der Waals surface area contributed by atoms with Gasteiger partial charge in [-0.1, -0.05) is 37.3 Å². The average Bonchev–Trinajstić information content (AvgIpc) is 2.92. The van der Waals surface area contributed by atoms with Gasteiger partial charge < -0.3 is 4.90 Å². The zero-order valence-electron chi connectivity index (χ0n) is 11.1. The molecule has 0 aliphatic carbocycles. The smallest absolute Gasteiger partial charge is 0.166 e. The van der Waals surface area contributed by atoms with Gasteiger partial charge in [-0.05, 0) is 19.2 Å². The zero-order valence-corrected chi connectivity index (χ0v) is 12.0. The SMILES string of the molecule is CC(CN(C)C1CCSC1)C(=O)c1ccccc1. The maximum atomic E-state index is 12.3. The quantitative estimate of drug-likeness (QED) is 0.762. The first-order valence-electron chi connectivity index (χ1n) is 6.55. The summed E-state index contributed by atoms with van der Waals surface area (Å²) in [5.74, 6) is 2.80. The Morgan fingerprint density at radius 1 is 1.44 bits per heavy atom. The van der Waals surface area contributed by atoms with Crippen LogP contribution in [0.4, 0.5) is 0 Å². The van der Waals surface area contributed by atoms with E-state index in [2.05, 4.69) is 11.9 Å². The molecule has 1 aromatic rings. The Balaban J connectivity index is 1.91. The number of thioether (sulfide) groups is 1. The van der Waals surface area contributed by atoms with Crippen LogP contribution in [-0.4, -0.2) is 41.8 Å². The van der Waals surface area contributed by atoms with Crippen LogP contribution in [0.5, 0.6) is 0 Å². The minimum atomic E-state index is 0.0722. The Morgan fingerprint density at radius 2 is 2.17 bits per heavy atom. The molecule has 1 fully saturated rings. The molecule has 1 aromatic carbocycles. The zero-order chi connectivity index (χ0) is 13.0. The van der Waals surface area contributed by atoms with Crippen LogP contribution in [0.3, 0.4) is 0 Å². The van der Waals surface area contributed by atoms with E-state index >= 15 is 0 Å². The molecule has 1 aliphatic rings. The minimum Gasteiger partial charge on any atom is -0.302 e. The van der Waals surface area contributed by atoms with Gasteiger partial charge in [-0.25, -0.2) is 0 Å². The van der Waals surface area contributed by atoms with Crippen LogP contribution in [0, 0.1) is 5.92 Å². The molecule has 0 N–H and O–H groups in total. The number of nitrogens with zero attached hydrogens (tertiary/aromatic N) is 1. The van der Waals surface area contributed by atoms with E-state index in [1.54, 1.807) is 0 Å². The molecule has 0 aromatic heterocycles. The lowest BCUT2D eigenvalue weighted by atomic mass is 9.98. The summed E-state index contributed by atoms with van der Waals surface area (Å²) in [7, 11) is 2.14. The first kappa shape index (κ1) is 13.6. The molecular weight excluding hydrogens is 242 g/mol. The standard InChI is InChI=1S/C15H21NOS/c1-12(10-16(2)14-8-9-18-11-14)15(17)13-6-4-3-5-7-13/h3-7,12,14H,8-11H2,1-2H3. The van der Waals surface area contributed by atoms with Gasteiger partial charge >= 0.3 is 0 Å². The Labute approximate surface area is 114 Å². The van der Waals surface area contributed by atoms with Crippen LogP contribution >= 0.6 is 11.8 Å². The molecule has 2 atom stereocenters. The van der Waals surface area contributed by atoms with Gasteiger partial charge in [-0.15, -0.1) is 0 Å². The molecule has 0 spiro atoms. The Kier molecular flexibility index (Phi) is 4.84. The van der Waals surface area contributed by atoms with Crippen LogP contribution in [0.25, 0.3) is 0 Å². The number of rotatable bonds is 5. The van der Waals surface area contributed by atoms with Crippen molar-refractivity contribution in [3.8, 4) is 0 Å². The van der Waals surface area contributed by atoms with Crippen molar-refractivity contribution in [2.45, 2.75) is 19.4 Å². The van der Waals surface area contributed by atoms with Gasteiger partial charge in [0, 0.05) is 29.8 Å². The van der Waals surface area contributed by atoms with Crippen LogP contribution in [0.1, 0.15) is 23.7 Å². The highest BCUT2D eigenvalue weighted by atomic mass is 32.2. The number of hydrogen-bond donors (Lipinski definition) is 0. The highest BCUT2D eigenvalue weighted by molar-refractivity contribution is 7.99. The fourth-order valence-electron chi connectivity index (χ4n) is 2.42. The van der Waals surface area contributed by atoms with E-state index in [1.807, 2.05) is 49.0 Å². The maximum absolute atomic E-state index is 12.3. The van der Waals surface area contributed by atoms with Gasteiger partial charge in [0.05, 0.1) is 0 Å². The molecule has 0 amide bonds. The monoisotopic (exact) mass is 263 g/mol. The average molecular weight is 263 g/mol. The lowest BCUT2D eigenvalue weighted by Gasteiger charge is -2.26. The predicted molar refractivity (Wildman–Crippen MR) is 78.3 cm³/mol. The van der Waals surface area contributed by atoms with Gasteiger partial charge in [0.15, 0.2) is 5.78 Å². The second-order valence-electron chi connectivity index (χ2n) is 5.09. The second kappa shape index (κ2) is 6.39. The third kappa shape index (κ3) is 3.36. The second-order valence-corrected chi connectivity index (χ2v) is 6.24. The number of carbonyl (C=O) groups is 1. The lowest BCUT2D eigenvalue weighted by molar-refractivity contribution is 0.0891. The Hall–Kier alpha value is -0.800. The first-order chi connectivity index (χ1) is 8.68. The number of ketones is 1. The Morgan fingerprint density at radius 3 is 2.78 bits per heavy atom. The molecule has 1 saturated heterocycles. The predicted octanol–water partition coefficient (Wildman–Crippen LogP) is 2.94. The van der Waals surface area contributed by atoms with Crippen molar-refractivity contribution in [2.24, 2.45) is 5.92 Å². The molecule has 2 unspecified atom stereocenters. The van der Waals surface area contributed by atoms with Crippen molar-refractivity contribution in [1.29, 1.82) is 0 Å². The van der Waals surface area contributed by atoms with Crippen molar-refractivity contribution in [3.63, 3.8) is 0 Å². The molecule has 3 heteroatoms.